The Morgan fingerprint density at radius 3 is 2.45 bits per heavy atom. The minimum Gasteiger partial charge on any atom is -0.492 e. The van der Waals surface area contributed by atoms with Gasteiger partial charge in [-0.1, -0.05) is 12.1 Å². The van der Waals surface area contributed by atoms with Crippen molar-refractivity contribution in [3.8, 4) is 5.75 Å². The molecule has 0 aromatic heterocycles. The Morgan fingerprint density at radius 2 is 1.82 bits per heavy atom. The number of rotatable bonds is 6. The number of benzene rings is 1. The molecule has 0 atom stereocenters. The van der Waals surface area contributed by atoms with Crippen molar-refractivity contribution in [2.45, 2.75) is 19.8 Å². The highest BCUT2D eigenvalue weighted by atomic mass is 16.5. The predicted octanol–water partition coefficient (Wildman–Crippen LogP) is 1.60. The predicted molar refractivity (Wildman–Crippen MR) is 83.3 cm³/mol. The molecule has 120 valence electrons. The van der Waals surface area contributed by atoms with Crippen LogP contribution in [0.3, 0.4) is 0 Å². The van der Waals surface area contributed by atoms with Crippen LogP contribution >= 0.6 is 0 Å². The number of amides is 1. The van der Waals surface area contributed by atoms with Crippen molar-refractivity contribution in [3.63, 3.8) is 0 Å². The molecule has 2 rings (SSSR count). The second-order valence-electron chi connectivity index (χ2n) is 5.16. The van der Waals surface area contributed by atoms with E-state index in [-0.39, 0.29) is 18.7 Å². The third kappa shape index (κ3) is 4.13. The van der Waals surface area contributed by atoms with E-state index in [9.17, 15) is 9.59 Å². The summed E-state index contributed by atoms with van der Waals surface area (Å²) in [6, 6.07) is 7.89. The smallest absolute Gasteiger partial charge is 0.303 e. The third-order valence-electron chi connectivity index (χ3n) is 3.69. The zero-order valence-electron chi connectivity index (χ0n) is 12.8. The molecule has 0 aliphatic carbocycles. The lowest BCUT2D eigenvalue weighted by molar-refractivity contribution is -0.141. The summed E-state index contributed by atoms with van der Waals surface area (Å²) in [5, 5.41) is 8.64. The topological polar surface area (TPSA) is 70.1 Å². The fourth-order valence-electron chi connectivity index (χ4n) is 2.56. The van der Waals surface area contributed by atoms with E-state index in [0.29, 0.717) is 19.7 Å². The van der Waals surface area contributed by atoms with Crippen LogP contribution in [0.15, 0.2) is 24.3 Å². The molecule has 1 aromatic carbocycles. The van der Waals surface area contributed by atoms with Crippen molar-refractivity contribution in [3.05, 3.63) is 24.3 Å². The molecule has 6 nitrogen and oxygen atoms in total. The normalized spacial score (nSPS) is 14.8. The number of carbonyl (C=O) groups excluding carboxylic acids is 1. The molecule has 1 fully saturated rings. The summed E-state index contributed by atoms with van der Waals surface area (Å²) in [6.45, 7) is 5.24. The van der Waals surface area contributed by atoms with E-state index in [2.05, 4.69) is 4.90 Å². The van der Waals surface area contributed by atoms with Crippen molar-refractivity contribution < 1.29 is 19.4 Å². The summed E-state index contributed by atoms with van der Waals surface area (Å²) in [5.41, 5.74) is 1.04. The van der Waals surface area contributed by atoms with E-state index < -0.39 is 5.97 Å². The number of piperazine rings is 1. The lowest BCUT2D eigenvalue weighted by Crippen LogP contribution is -2.48. The summed E-state index contributed by atoms with van der Waals surface area (Å²) < 4.78 is 5.64. The van der Waals surface area contributed by atoms with Crippen molar-refractivity contribution >= 4 is 17.6 Å². The molecule has 1 heterocycles. The average molecular weight is 306 g/mol. The van der Waals surface area contributed by atoms with Gasteiger partial charge >= 0.3 is 5.97 Å². The summed E-state index contributed by atoms with van der Waals surface area (Å²) >= 11 is 0. The standard InChI is InChI=1S/C16H22N2O4/c1-2-22-14-6-4-3-5-13(14)17-9-11-18(12-10-17)15(19)7-8-16(20)21/h3-6H,2,7-12H2,1H3,(H,20,21). The van der Waals surface area contributed by atoms with Gasteiger partial charge in [-0.2, -0.15) is 0 Å². The first-order valence-corrected chi connectivity index (χ1v) is 7.58. The Labute approximate surface area is 130 Å². The minimum atomic E-state index is -0.933. The highest BCUT2D eigenvalue weighted by Gasteiger charge is 2.23. The maximum absolute atomic E-state index is 11.9. The summed E-state index contributed by atoms with van der Waals surface area (Å²) in [7, 11) is 0. The fourth-order valence-corrected chi connectivity index (χ4v) is 2.56. The second-order valence-corrected chi connectivity index (χ2v) is 5.16. The van der Waals surface area contributed by atoms with Crippen LogP contribution in [-0.2, 0) is 9.59 Å². The second kappa shape index (κ2) is 7.68. The molecule has 1 N–H and O–H groups in total. The molecular formula is C16H22N2O4. The van der Waals surface area contributed by atoms with Gasteiger partial charge in [0.2, 0.25) is 5.91 Å². The number of carbonyl (C=O) groups is 2. The average Bonchev–Trinajstić information content (AvgIpc) is 2.53. The van der Waals surface area contributed by atoms with Crippen LogP contribution in [0.5, 0.6) is 5.75 Å². The fraction of sp³-hybridized carbons (Fsp3) is 0.500. The zero-order chi connectivity index (χ0) is 15.9. The van der Waals surface area contributed by atoms with E-state index in [0.717, 1.165) is 24.5 Å². The maximum atomic E-state index is 11.9. The maximum Gasteiger partial charge on any atom is 0.303 e. The van der Waals surface area contributed by atoms with Crippen molar-refractivity contribution in [1.82, 2.24) is 4.90 Å². The number of nitrogens with zero attached hydrogens (tertiary/aromatic N) is 2. The van der Waals surface area contributed by atoms with E-state index in [4.69, 9.17) is 9.84 Å². The Kier molecular flexibility index (Phi) is 5.63. The molecule has 0 spiro atoms. The van der Waals surface area contributed by atoms with Gasteiger partial charge in [-0.15, -0.1) is 0 Å². The SMILES string of the molecule is CCOc1ccccc1N1CCN(C(=O)CCC(=O)O)CC1. The van der Waals surface area contributed by atoms with Gasteiger partial charge in [0.1, 0.15) is 5.75 Å². The Morgan fingerprint density at radius 1 is 1.14 bits per heavy atom. The monoisotopic (exact) mass is 306 g/mol. The highest BCUT2D eigenvalue weighted by molar-refractivity contribution is 5.81. The molecule has 0 unspecified atom stereocenters. The van der Waals surface area contributed by atoms with Gasteiger partial charge in [-0.3, -0.25) is 9.59 Å². The number of anilines is 1. The van der Waals surface area contributed by atoms with Crippen LogP contribution in [0.4, 0.5) is 5.69 Å². The largest absolute Gasteiger partial charge is 0.492 e. The number of ether oxygens (including phenoxy) is 1. The van der Waals surface area contributed by atoms with Gasteiger partial charge in [-0.05, 0) is 19.1 Å². The minimum absolute atomic E-state index is 0.0743. The molecular weight excluding hydrogens is 284 g/mol. The van der Waals surface area contributed by atoms with Crippen LogP contribution in [0.2, 0.25) is 0 Å². The first kappa shape index (κ1) is 16.1. The zero-order valence-corrected chi connectivity index (χ0v) is 12.8. The van der Waals surface area contributed by atoms with Gasteiger partial charge in [-0.25, -0.2) is 0 Å². The van der Waals surface area contributed by atoms with Crippen LogP contribution < -0.4 is 9.64 Å². The first-order chi connectivity index (χ1) is 10.6. The number of carboxylic acid groups (broad SMARTS) is 1. The molecule has 0 bridgehead atoms. The molecule has 0 radical (unpaired) electrons. The lowest BCUT2D eigenvalue weighted by atomic mass is 10.2. The number of hydrogen-bond donors (Lipinski definition) is 1. The van der Waals surface area contributed by atoms with Crippen molar-refractivity contribution in [2.75, 3.05) is 37.7 Å². The van der Waals surface area contributed by atoms with Gasteiger partial charge < -0.3 is 19.6 Å². The van der Waals surface area contributed by atoms with E-state index >= 15 is 0 Å². The quantitative estimate of drug-likeness (QED) is 0.864. The molecule has 1 saturated heterocycles. The Balaban J connectivity index is 1.92. The van der Waals surface area contributed by atoms with E-state index in [1.807, 2.05) is 31.2 Å². The molecule has 1 aliphatic heterocycles. The van der Waals surface area contributed by atoms with E-state index in [1.54, 1.807) is 4.90 Å². The van der Waals surface area contributed by atoms with Crippen LogP contribution in [0, 0.1) is 0 Å². The Bertz CT molecular complexity index is 525. The van der Waals surface area contributed by atoms with Gasteiger partial charge in [0.25, 0.3) is 0 Å². The molecule has 1 aromatic rings. The molecule has 6 heteroatoms. The van der Waals surface area contributed by atoms with Crippen molar-refractivity contribution in [2.24, 2.45) is 0 Å². The molecule has 22 heavy (non-hydrogen) atoms. The first-order valence-electron chi connectivity index (χ1n) is 7.58. The molecule has 0 saturated carbocycles. The lowest BCUT2D eigenvalue weighted by Gasteiger charge is -2.36. The Hall–Kier alpha value is -2.24. The van der Waals surface area contributed by atoms with Crippen molar-refractivity contribution in [1.29, 1.82) is 0 Å². The van der Waals surface area contributed by atoms with Gasteiger partial charge in [0, 0.05) is 32.6 Å². The highest BCUT2D eigenvalue weighted by Crippen LogP contribution is 2.28. The van der Waals surface area contributed by atoms with Crippen LogP contribution in [0.1, 0.15) is 19.8 Å². The van der Waals surface area contributed by atoms with E-state index in [1.165, 1.54) is 0 Å². The summed E-state index contributed by atoms with van der Waals surface area (Å²) in [4.78, 5) is 26.4. The van der Waals surface area contributed by atoms with Gasteiger partial charge in [0.15, 0.2) is 0 Å². The number of para-hydroxylation sites is 2. The molecule has 1 amide bonds. The summed E-state index contributed by atoms with van der Waals surface area (Å²) in [5.74, 6) is -0.159. The molecule has 1 aliphatic rings. The number of hydrogen-bond acceptors (Lipinski definition) is 4. The summed E-state index contributed by atoms with van der Waals surface area (Å²) in [6.07, 6.45) is -0.0307. The number of carboxylic acids is 1. The van der Waals surface area contributed by atoms with Crippen LogP contribution in [0.25, 0.3) is 0 Å². The van der Waals surface area contributed by atoms with Gasteiger partial charge in [0.05, 0.1) is 18.7 Å². The van der Waals surface area contributed by atoms with Crippen LogP contribution in [-0.4, -0.2) is 54.7 Å². The third-order valence-corrected chi connectivity index (χ3v) is 3.69. The number of aliphatic carboxylic acids is 1.